The van der Waals surface area contributed by atoms with Crippen LogP contribution < -0.4 is 0 Å². The molecule has 4 rings (SSSR count). The van der Waals surface area contributed by atoms with E-state index < -0.39 is 17.4 Å². The smallest absolute Gasteiger partial charge is 0.176 e. The van der Waals surface area contributed by atoms with Crippen molar-refractivity contribution in [1.29, 1.82) is 0 Å². The van der Waals surface area contributed by atoms with Crippen LogP contribution in [0.4, 0.5) is 8.78 Å². The largest absolute Gasteiger partial charge is 0.293 e. The second-order valence-electron chi connectivity index (χ2n) is 5.95. The third-order valence-corrected chi connectivity index (χ3v) is 6.37. The van der Waals surface area contributed by atoms with E-state index >= 15 is 0 Å². The third-order valence-electron chi connectivity index (χ3n) is 4.21. The molecule has 0 saturated carbocycles. The van der Waals surface area contributed by atoms with Crippen LogP contribution in [0.3, 0.4) is 0 Å². The van der Waals surface area contributed by atoms with Crippen LogP contribution in [-0.4, -0.2) is 21.5 Å². The highest BCUT2D eigenvalue weighted by molar-refractivity contribution is 8.00. The molecule has 25 heavy (non-hydrogen) atoms. The van der Waals surface area contributed by atoms with Crippen molar-refractivity contribution in [2.75, 3.05) is 5.75 Å². The number of fused-ring (bicyclic) bond motifs is 3. The number of halogens is 2. The summed E-state index contributed by atoms with van der Waals surface area (Å²) >= 11 is 2.96. The summed E-state index contributed by atoms with van der Waals surface area (Å²) in [6.07, 6.45) is 3.19. The maximum Gasteiger partial charge on any atom is 0.176 e. The summed E-state index contributed by atoms with van der Waals surface area (Å²) in [4.78, 5) is 23.6. The Balaban J connectivity index is 1.65. The number of thiophene rings is 1. The van der Waals surface area contributed by atoms with E-state index in [1.54, 1.807) is 11.3 Å². The number of aryl methyl sites for hydroxylation is 3. The Morgan fingerprint density at radius 3 is 2.96 bits per heavy atom. The van der Waals surface area contributed by atoms with Crippen LogP contribution in [-0.2, 0) is 12.8 Å². The molecule has 0 aliphatic heterocycles. The third kappa shape index (κ3) is 3.06. The fourth-order valence-corrected chi connectivity index (χ4v) is 5.45. The van der Waals surface area contributed by atoms with Crippen molar-refractivity contribution < 1.29 is 13.6 Å². The van der Waals surface area contributed by atoms with E-state index in [1.807, 2.05) is 6.92 Å². The van der Waals surface area contributed by atoms with Gasteiger partial charge in [-0.15, -0.1) is 11.3 Å². The fraction of sp³-hybridized carbons (Fsp3) is 0.278. The number of aromatic nitrogens is 2. The van der Waals surface area contributed by atoms with Crippen LogP contribution in [0.25, 0.3) is 10.2 Å². The van der Waals surface area contributed by atoms with Crippen LogP contribution in [0.5, 0.6) is 0 Å². The molecule has 1 aliphatic carbocycles. The minimum absolute atomic E-state index is 0.0105. The lowest BCUT2D eigenvalue weighted by Crippen LogP contribution is -2.06. The monoisotopic (exact) mass is 376 g/mol. The van der Waals surface area contributed by atoms with Gasteiger partial charge in [-0.1, -0.05) is 11.8 Å². The highest BCUT2D eigenvalue weighted by Gasteiger charge is 2.23. The molecule has 7 heteroatoms. The minimum atomic E-state index is -0.701. The molecule has 3 nitrogen and oxygen atoms in total. The number of nitrogens with zero attached hydrogens (tertiary/aromatic N) is 2. The van der Waals surface area contributed by atoms with E-state index in [0.29, 0.717) is 5.82 Å². The first-order chi connectivity index (χ1) is 12.0. The fourth-order valence-electron chi connectivity index (χ4n) is 3.09. The molecule has 0 radical (unpaired) electrons. The lowest BCUT2D eigenvalue weighted by Gasteiger charge is -2.06. The maximum atomic E-state index is 13.8. The number of ketones is 1. The lowest BCUT2D eigenvalue weighted by molar-refractivity contribution is 0.101. The van der Waals surface area contributed by atoms with Crippen molar-refractivity contribution in [3.05, 3.63) is 51.7 Å². The number of carbonyl (C=O) groups excluding carboxylic acids is 1. The van der Waals surface area contributed by atoms with Gasteiger partial charge in [-0.3, -0.25) is 4.79 Å². The Labute approximate surface area is 151 Å². The van der Waals surface area contributed by atoms with Crippen molar-refractivity contribution in [1.82, 2.24) is 9.97 Å². The first kappa shape index (κ1) is 16.6. The van der Waals surface area contributed by atoms with E-state index in [1.165, 1.54) is 22.2 Å². The van der Waals surface area contributed by atoms with Gasteiger partial charge in [0.05, 0.1) is 11.3 Å². The van der Waals surface area contributed by atoms with Gasteiger partial charge in [0.2, 0.25) is 0 Å². The summed E-state index contributed by atoms with van der Waals surface area (Å²) in [5.74, 6) is -1.10. The molecule has 128 valence electrons. The van der Waals surface area contributed by atoms with Gasteiger partial charge in [0, 0.05) is 10.3 Å². The number of rotatable bonds is 4. The SMILES string of the molecule is Cc1nc(SCC(=O)c2cc(F)ccc2F)c2c3c(sc2n1)CCC3. The van der Waals surface area contributed by atoms with Crippen LogP contribution in [0.1, 0.15) is 33.0 Å². The zero-order valence-corrected chi connectivity index (χ0v) is 15.1. The molecule has 2 heterocycles. The Hall–Kier alpha value is -1.86. The maximum absolute atomic E-state index is 13.8. The molecule has 0 saturated heterocycles. The van der Waals surface area contributed by atoms with Gasteiger partial charge >= 0.3 is 0 Å². The van der Waals surface area contributed by atoms with E-state index in [9.17, 15) is 13.6 Å². The summed E-state index contributed by atoms with van der Waals surface area (Å²) in [6.45, 7) is 1.82. The van der Waals surface area contributed by atoms with Crippen molar-refractivity contribution in [3.8, 4) is 0 Å². The van der Waals surface area contributed by atoms with Gasteiger partial charge in [-0.2, -0.15) is 0 Å². The number of hydrogen-bond acceptors (Lipinski definition) is 5. The average molecular weight is 376 g/mol. The van der Waals surface area contributed by atoms with Crippen LogP contribution in [0.15, 0.2) is 23.2 Å². The molecule has 1 aliphatic rings. The minimum Gasteiger partial charge on any atom is -0.293 e. The lowest BCUT2D eigenvalue weighted by atomic mass is 10.1. The van der Waals surface area contributed by atoms with E-state index in [4.69, 9.17) is 0 Å². The second kappa shape index (κ2) is 6.46. The first-order valence-electron chi connectivity index (χ1n) is 7.93. The van der Waals surface area contributed by atoms with Crippen molar-refractivity contribution in [2.24, 2.45) is 0 Å². The molecule has 0 bridgehead atoms. The molecule has 1 aromatic carbocycles. The Morgan fingerprint density at radius 1 is 1.28 bits per heavy atom. The molecule has 0 fully saturated rings. The van der Waals surface area contributed by atoms with Crippen molar-refractivity contribution in [2.45, 2.75) is 31.2 Å². The molecular weight excluding hydrogens is 362 g/mol. The topological polar surface area (TPSA) is 42.9 Å². The summed E-state index contributed by atoms with van der Waals surface area (Å²) in [5.41, 5.74) is 1.07. The van der Waals surface area contributed by atoms with Gasteiger partial charge in [0.1, 0.15) is 27.3 Å². The number of Topliss-reactive ketones (excluding diaryl/α,β-unsaturated/α-hetero) is 1. The molecule has 0 unspecified atom stereocenters. The van der Waals surface area contributed by atoms with E-state index in [2.05, 4.69) is 9.97 Å². The summed E-state index contributed by atoms with van der Waals surface area (Å²) < 4.78 is 27.1. The van der Waals surface area contributed by atoms with Crippen LogP contribution in [0, 0.1) is 18.6 Å². The zero-order chi connectivity index (χ0) is 17.6. The molecule has 0 N–H and O–H groups in total. The first-order valence-corrected chi connectivity index (χ1v) is 9.73. The number of carbonyl (C=O) groups is 1. The summed E-state index contributed by atoms with van der Waals surface area (Å²) in [5, 5.41) is 1.78. The quantitative estimate of drug-likeness (QED) is 0.375. The standard InChI is InChI=1S/C18H14F2N2OS2/c1-9-21-17(16-11-3-2-4-15(11)25-18(16)22-9)24-8-14(23)12-7-10(19)5-6-13(12)20/h5-7H,2-4,8H2,1H3. The zero-order valence-electron chi connectivity index (χ0n) is 13.4. The Bertz CT molecular complexity index is 1000. The van der Waals surface area contributed by atoms with Crippen LogP contribution >= 0.6 is 23.1 Å². The molecule has 0 spiro atoms. The Kier molecular flexibility index (Phi) is 4.29. The molecule has 0 amide bonds. The highest BCUT2D eigenvalue weighted by atomic mass is 32.2. The van der Waals surface area contributed by atoms with Gasteiger partial charge in [-0.05, 0) is 49.9 Å². The van der Waals surface area contributed by atoms with Gasteiger partial charge in [0.25, 0.3) is 0 Å². The van der Waals surface area contributed by atoms with Gasteiger partial charge in [0.15, 0.2) is 5.78 Å². The van der Waals surface area contributed by atoms with Crippen LogP contribution in [0.2, 0.25) is 0 Å². The van der Waals surface area contributed by atoms with E-state index in [-0.39, 0.29) is 11.3 Å². The highest BCUT2D eigenvalue weighted by Crippen LogP contribution is 2.40. The van der Waals surface area contributed by atoms with Gasteiger partial charge < -0.3 is 0 Å². The Morgan fingerprint density at radius 2 is 2.12 bits per heavy atom. The number of hydrogen-bond donors (Lipinski definition) is 0. The number of thioether (sulfide) groups is 1. The second-order valence-corrected chi connectivity index (χ2v) is 8.00. The average Bonchev–Trinajstić information content (AvgIpc) is 3.14. The van der Waals surface area contributed by atoms with Crippen molar-refractivity contribution in [3.63, 3.8) is 0 Å². The molecule has 0 atom stereocenters. The van der Waals surface area contributed by atoms with Crippen molar-refractivity contribution >= 4 is 39.1 Å². The molecular formula is C18H14F2N2OS2. The molecule has 2 aromatic heterocycles. The van der Waals surface area contributed by atoms with E-state index in [0.717, 1.165) is 52.7 Å². The summed E-state index contributed by atoms with van der Waals surface area (Å²) in [6, 6.07) is 2.93. The normalized spacial score (nSPS) is 13.4. The molecule has 3 aromatic rings. The van der Waals surface area contributed by atoms with Gasteiger partial charge in [-0.25, -0.2) is 18.7 Å². The predicted octanol–water partition coefficient (Wildman–Crippen LogP) is 4.74. The number of benzene rings is 1. The predicted molar refractivity (Wildman–Crippen MR) is 95.6 cm³/mol. The summed E-state index contributed by atoms with van der Waals surface area (Å²) in [7, 11) is 0.